The van der Waals surface area contributed by atoms with Crippen molar-refractivity contribution >= 4 is 5.97 Å². The highest BCUT2D eigenvalue weighted by Crippen LogP contribution is 1.99. The van der Waals surface area contributed by atoms with E-state index in [2.05, 4.69) is 14.8 Å². The second-order valence-corrected chi connectivity index (χ2v) is 2.67. The quantitative estimate of drug-likeness (QED) is 0.623. The number of aryl methyl sites for hydroxylation is 2. The van der Waals surface area contributed by atoms with Crippen molar-refractivity contribution in [1.82, 2.24) is 14.8 Å². The van der Waals surface area contributed by atoms with Crippen LogP contribution in [0.1, 0.15) is 18.6 Å². The van der Waals surface area contributed by atoms with Crippen molar-refractivity contribution in [3.05, 3.63) is 11.6 Å². The monoisotopic (exact) mass is 183 g/mol. The van der Waals surface area contributed by atoms with E-state index in [0.717, 1.165) is 12.2 Å². The summed E-state index contributed by atoms with van der Waals surface area (Å²) in [5.41, 5.74) is 0. The number of hydrogen-bond acceptors (Lipinski definition) is 4. The Morgan fingerprint density at radius 2 is 2.31 bits per heavy atom. The molecule has 1 heterocycles. The number of hydrogen-bond donors (Lipinski definition) is 0. The van der Waals surface area contributed by atoms with Crippen molar-refractivity contribution in [2.24, 2.45) is 7.05 Å². The third-order valence-corrected chi connectivity index (χ3v) is 1.74. The minimum absolute atomic E-state index is 0.181. The van der Waals surface area contributed by atoms with Crippen molar-refractivity contribution in [3.63, 3.8) is 0 Å². The molecule has 1 aromatic heterocycles. The lowest BCUT2D eigenvalue weighted by Gasteiger charge is -1.97. The molecule has 0 unspecified atom stereocenters. The maximum absolute atomic E-state index is 10.9. The minimum Gasteiger partial charge on any atom is -0.469 e. The van der Waals surface area contributed by atoms with Gasteiger partial charge in [-0.3, -0.25) is 9.48 Å². The fraction of sp³-hybridized carbons (Fsp3) is 0.625. The fourth-order valence-electron chi connectivity index (χ4n) is 0.980. The Bertz CT molecular complexity index is 306. The number of esters is 1. The summed E-state index contributed by atoms with van der Waals surface area (Å²) in [6, 6.07) is 0. The number of rotatable bonds is 3. The molecule has 0 amide bonds. The third-order valence-electron chi connectivity index (χ3n) is 1.74. The molecule has 0 bridgehead atoms. The van der Waals surface area contributed by atoms with E-state index in [-0.39, 0.29) is 12.4 Å². The van der Waals surface area contributed by atoms with E-state index in [4.69, 9.17) is 0 Å². The Kier molecular flexibility index (Phi) is 3.00. The van der Waals surface area contributed by atoms with Crippen LogP contribution in [0, 0.1) is 0 Å². The lowest BCUT2D eigenvalue weighted by Crippen LogP contribution is -2.09. The van der Waals surface area contributed by atoms with Gasteiger partial charge in [0, 0.05) is 13.5 Å². The van der Waals surface area contributed by atoms with Gasteiger partial charge in [-0.05, 0) is 0 Å². The largest absolute Gasteiger partial charge is 0.469 e. The molecule has 0 atom stereocenters. The molecule has 0 saturated carbocycles. The van der Waals surface area contributed by atoms with Gasteiger partial charge in [-0.2, -0.15) is 5.10 Å². The molecule has 0 aliphatic rings. The number of nitrogens with zero attached hydrogens (tertiary/aromatic N) is 3. The molecule has 0 radical (unpaired) electrons. The zero-order valence-corrected chi connectivity index (χ0v) is 8.07. The Morgan fingerprint density at radius 3 is 2.77 bits per heavy atom. The Morgan fingerprint density at radius 1 is 1.62 bits per heavy atom. The first-order chi connectivity index (χ1) is 6.17. The lowest BCUT2D eigenvalue weighted by atomic mass is 10.4. The van der Waals surface area contributed by atoms with Gasteiger partial charge in [-0.25, -0.2) is 4.98 Å². The third kappa shape index (κ3) is 2.27. The zero-order valence-electron chi connectivity index (χ0n) is 8.07. The van der Waals surface area contributed by atoms with E-state index in [1.807, 2.05) is 6.92 Å². The summed E-state index contributed by atoms with van der Waals surface area (Å²) in [5, 5.41) is 4.11. The van der Waals surface area contributed by atoms with Crippen molar-refractivity contribution in [1.29, 1.82) is 0 Å². The van der Waals surface area contributed by atoms with Gasteiger partial charge < -0.3 is 4.74 Å². The second kappa shape index (κ2) is 4.02. The first kappa shape index (κ1) is 9.70. The summed E-state index contributed by atoms with van der Waals surface area (Å²) >= 11 is 0. The molecular formula is C8H13N3O2. The molecule has 5 heteroatoms. The Hall–Kier alpha value is -1.39. The highest BCUT2D eigenvalue weighted by Gasteiger charge is 2.10. The molecule has 1 rings (SSSR count). The standard InChI is InChI=1S/C8H13N3O2/c1-4-6-9-7(11(2)10-6)5-8(12)13-3/h4-5H2,1-3H3. The zero-order chi connectivity index (χ0) is 9.84. The summed E-state index contributed by atoms with van der Waals surface area (Å²) in [6.07, 6.45) is 0.953. The van der Waals surface area contributed by atoms with Crippen LogP contribution in [0.25, 0.3) is 0 Å². The van der Waals surface area contributed by atoms with Gasteiger partial charge in [0.1, 0.15) is 12.2 Å². The first-order valence-electron chi connectivity index (χ1n) is 4.13. The topological polar surface area (TPSA) is 57.0 Å². The predicted molar refractivity (Wildman–Crippen MR) is 46.1 cm³/mol. The lowest BCUT2D eigenvalue weighted by molar-refractivity contribution is -0.139. The van der Waals surface area contributed by atoms with Crippen LogP contribution < -0.4 is 0 Å². The normalized spacial score (nSPS) is 10.1. The van der Waals surface area contributed by atoms with Crippen LogP contribution in [-0.2, 0) is 29.4 Å². The van der Waals surface area contributed by atoms with Gasteiger partial charge in [0.2, 0.25) is 0 Å². The van der Waals surface area contributed by atoms with Crippen molar-refractivity contribution in [3.8, 4) is 0 Å². The van der Waals surface area contributed by atoms with Crippen LogP contribution in [0.2, 0.25) is 0 Å². The molecule has 5 nitrogen and oxygen atoms in total. The Labute approximate surface area is 76.7 Å². The van der Waals surface area contributed by atoms with Gasteiger partial charge in [0.15, 0.2) is 5.82 Å². The van der Waals surface area contributed by atoms with Crippen LogP contribution in [0.3, 0.4) is 0 Å². The summed E-state index contributed by atoms with van der Waals surface area (Å²) in [5.74, 6) is 1.10. The molecule has 0 saturated heterocycles. The van der Waals surface area contributed by atoms with Gasteiger partial charge in [-0.15, -0.1) is 0 Å². The van der Waals surface area contributed by atoms with E-state index in [1.165, 1.54) is 7.11 Å². The Balaban J connectivity index is 2.76. The number of carbonyl (C=O) groups is 1. The van der Waals surface area contributed by atoms with Crippen LogP contribution in [-0.4, -0.2) is 27.8 Å². The fourth-order valence-corrected chi connectivity index (χ4v) is 0.980. The van der Waals surface area contributed by atoms with Crippen LogP contribution in [0.4, 0.5) is 0 Å². The molecule has 0 aliphatic carbocycles. The smallest absolute Gasteiger partial charge is 0.313 e. The summed E-state index contributed by atoms with van der Waals surface area (Å²) < 4.78 is 6.14. The van der Waals surface area contributed by atoms with E-state index >= 15 is 0 Å². The van der Waals surface area contributed by atoms with E-state index in [1.54, 1.807) is 11.7 Å². The van der Waals surface area contributed by atoms with Crippen LogP contribution in [0.5, 0.6) is 0 Å². The minimum atomic E-state index is -0.293. The molecule has 0 aromatic carbocycles. The number of ether oxygens (including phenoxy) is 1. The van der Waals surface area contributed by atoms with E-state index < -0.39 is 0 Å². The van der Waals surface area contributed by atoms with Crippen LogP contribution >= 0.6 is 0 Å². The molecule has 0 fully saturated rings. The maximum atomic E-state index is 10.9. The summed E-state index contributed by atoms with van der Waals surface area (Å²) in [4.78, 5) is 15.1. The van der Waals surface area contributed by atoms with Crippen molar-refractivity contribution in [2.75, 3.05) is 7.11 Å². The average molecular weight is 183 g/mol. The number of aromatic nitrogens is 3. The van der Waals surface area contributed by atoms with Crippen LogP contribution in [0.15, 0.2) is 0 Å². The van der Waals surface area contributed by atoms with Gasteiger partial charge in [-0.1, -0.05) is 6.92 Å². The average Bonchev–Trinajstić information content (AvgIpc) is 2.47. The highest BCUT2D eigenvalue weighted by atomic mass is 16.5. The molecule has 1 aromatic rings. The first-order valence-corrected chi connectivity index (χ1v) is 4.13. The molecule has 0 spiro atoms. The second-order valence-electron chi connectivity index (χ2n) is 2.67. The molecule has 0 aliphatic heterocycles. The maximum Gasteiger partial charge on any atom is 0.313 e. The van der Waals surface area contributed by atoms with Gasteiger partial charge >= 0.3 is 5.97 Å². The number of carbonyl (C=O) groups excluding carboxylic acids is 1. The van der Waals surface area contributed by atoms with Gasteiger partial charge in [0.05, 0.1) is 7.11 Å². The SMILES string of the molecule is CCc1nc(CC(=O)OC)n(C)n1. The molecular weight excluding hydrogens is 170 g/mol. The predicted octanol–water partition coefficient (Wildman–Crippen LogP) is 0.0930. The van der Waals surface area contributed by atoms with E-state index in [0.29, 0.717) is 5.82 Å². The highest BCUT2D eigenvalue weighted by molar-refractivity contribution is 5.71. The number of methoxy groups -OCH3 is 1. The summed E-state index contributed by atoms with van der Waals surface area (Å²) in [7, 11) is 3.13. The van der Waals surface area contributed by atoms with E-state index in [9.17, 15) is 4.79 Å². The molecule has 0 N–H and O–H groups in total. The van der Waals surface area contributed by atoms with Crippen molar-refractivity contribution < 1.29 is 9.53 Å². The van der Waals surface area contributed by atoms with Gasteiger partial charge in [0.25, 0.3) is 0 Å². The molecule has 13 heavy (non-hydrogen) atoms. The summed E-state index contributed by atoms with van der Waals surface area (Å²) in [6.45, 7) is 1.97. The molecule has 72 valence electrons. The van der Waals surface area contributed by atoms with Crippen molar-refractivity contribution in [2.45, 2.75) is 19.8 Å².